The molecule has 6 heteroatoms. The van der Waals surface area contributed by atoms with E-state index in [9.17, 15) is 4.79 Å². The minimum absolute atomic E-state index is 0.111. The number of likely N-dealkylation sites (tertiary alicyclic amines) is 1. The van der Waals surface area contributed by atoms with Gasteiger partial charge in [-0.15, -0.1) is 0 Å². The Hall–Kier alpha value is -2.24. The third-order valence-corrected chi connectivity index (χ3v) is 5.20. The number of nitrogens with zero attached hydrogens (tertiary/aromatic N) is 1. The van der Waals surface area contributed by atoms with Crippen molar-refractivity contribution in [1.82, 2.24) is 4.90 Å². The van der Waals surface area contributed by atoms with Crippen LogP contribution in [0.1, 0.15) is 32.6 Å². The van der Waals surface area contributed by atoms with Gasteiger partial charge in [-0.3, -0.25) is 9.69 Å². The van der Waals surface area contributed by atoms with Crippen LogP contribution in [-0.4, -0.2) is 43.2 Å². The molecular weight excluding hydrogens is 390 g/mol. The number of benzene rings is 2. The van der Waals surface area contributed by atoms with Gasteiger partial charge < -0.3 is 14.2 Å². The number of carbonyl (C=O) groups is 1. The third kappa shape index (κ3) is 6.94. The Morgan fingerprint density at radius 3 is 2.41 bits per heavy atom. The van der Waals surface area contributed by atoms with Gasteiger partial charge in [-0.05, 0) is 87.8 Å². The van der Waals surface area contributed by atoms with Crippen LogP contribution in [0.5, 0.6) is 17.2 Å². The van der Waals surface area contributed by atoms with Crippen molar-refractivity contribution in [3.05, 3.63) is 53.6 Å². The Kier molecular flexibility index (Phi) is 8.20. The summed E-state index contributed by atoms with van der Waals surface area (Å²) in [5.74, 6) is 2.21. The van der Waals surface area contributed by atoms with Crippen molar-refractivity contribution in [1.29, 1.82) is 0 Å². The summed E-state index contributed by atoms with van der Waals surface area (Å²) in [5, 5.41) is 0.683. The molecule has 1 heterocycles. The SMILES string of the molecule is CCOC(=O)CCCN1CCC[C@H]1COc1ccc(Oc2ccc(Cl)cc2)cc1. The van der Waals surface area contributed by atoms with E-state index in [2.05, 4.69) is 4.90 Å². The molecule has 0 saturated carbocycles. The van der Waals surface area contributed by atoms with Crippen LogP contribution in [0.4, 0.5) is 0 Å². The van der Waals surface area contributed by atoms with Crippen LogP contribution in [0.25, 0.3) is 0 Å². The zero-order valence-corrected chi connectivity index (χ0v) is 17.6. The second-order valence-corrected chi connectivity index (χ2v) is 7.52. The summed E-state index contributed by atoms with van der Waals surface area (Å²) in [4.78, 5) is 13.9. The molecule has 0 unspecified atom stereocenters. The molecule has 0 N–H and O–H groups in total. The Bertz CT molecular complexity index is 763. The smallest absolute Gasteiger partial charge is 0.305 e. The predicted octanol–water partition coefficient (Wildman–Crippen LogP) is 5.32. The Morgan fingerprint density at radius 2 is 1.72 bits per heavy atom. The second kappa shape index (κ2) is 11.1. The molecule has 156 valence electrons. The topological polar surface area (TPSA) is 48.0 Å². The highest BCUT2D eigenvalue weighted by Crippen LogP contribution is 2.26. The van der Waals surface area contributed by atoms with Crippen LogP contribution in [0.15, 0.2) is 48.5 Å². The maximum absolute atomic E-state index is 11.5. The Balaban J connectivity index is 1.42. The molecule has 2 aromatic carbocycles. The van der Waals surface area contributed by atoms with E-state index in [-0.39, 0.29) is 5.97 Å². The molecular formula is C23H28ClNO4. The molecule has 0 aromatic heterocycles. The van der Waals surface area contributed by atoms with Crippen LogP contribution in [-0.2, 0) is 9.53 Å². The lowest BCUT2D eigenvalue weighted by atomic mass is 10.2. The fraction of sp³-hybridized carbons (Fsp3) is 0.435. The van der Waals surface area contributed by atoms with Crippen LogP contribution in [0, 0.1) is 0 Å². The van der Waals surface area contributed by atoms with E-state index in [0.717, 1.165) is 43.2 Å². The average Bonchev–Trinajstić information content (AvgIpc) is 3.17. The first-order valence-corrected chi connectivity index (χ1v) is 10.6. The maximum atomic E-state index is 11.5. The highest BCUT2D eigenvalue weighted by molar-refractivity contribution is 6.30. The highest BCUT2D eigenvalue weighted by Gasteiger charge is 2.24. The normalized spacial score (nSPS) is 16.6. The lowest BCUT2D eigenvalue weighted by molar-refractivity contribution is -0.143. The number of hydrogen-bond donors (Lipinski definition) is 0. The van der Waals surface area contributed by atoms with E-state index in [1.807, 2.05) is 43.3 Å². The maximum Gasteiger partial charge on any atom is 0.305 e. The molecule has 0 amide bonds. The number of hydrogen-bond acceptors (Lipinski definition) is 5. The van der Waals surface area contributed by atoms with Gasteiger partial charge in [0.2, 0.25) is 0 Å². The lowest BCUT2D eigenvalue weighted by Crippen LogP contribution is -2.35. The van der Waals surface area contributed by atoms with Gasteiger partial charge in [0.25, 0.3) is 0 Å². The van der Waals surface area contributed by atoms with Crippen molar-refractivity contribution in [2.45, 2.75) is 38.6 Å². The van der Waals surface area contributed by atoms with Gasteiger partial charge in [0, 0.05) is 17.5 Å². The van der Waals surface area contributed by atoms with Crippen molar-refractivity contribution in [2.75, 3.05) is 26.3 Å². The number of carbonyl (C=O) groups excluding carboxylic acids is 1. The van der Waals surface area contributed by atoms with Crippen LogP contribution in [0.3, 0.4) is 0 Å². The van der Waals surface area contributed by atoms with Gasteiger partial charge in [-0.2, -0.15) is 0 Å². The summed E-state index contributed by atoms with van der Waals surface area (Å²) in [6.45, 7) is 4.90. The number of rotatable bonds is 10. The molecule has 2 aromatic rings. The molecule has 3 rings (SSSR count). The van der Waals surface area contributed by atoms with Crippen molar-refractivity contribution in [2.24, 2.45) is 0 Å². The molecule has 0 spiro atoms. The minimum atomic E-state index is -0.111. The van der Waals surface area contributed by atoms with Gasteiger partial charge in [-0.25, -0.2) is 0 Å². The molecule has 0 bridgehead atoms. The monoisotopic (exact) mass is 417 g/mol. The minimum Gasteiger partial charge on any atom is -0.492 e. The summed E-state index contributed by atoms with van der Waals surface area (Å²) in [6, 6.07) is 15.3. The number of halogens is 1. The molecule has 1 saturated heterocycles. The summed E-state index contributed by atoms with van der Waals surface area (Å²) in [7, 11) is 0. The van der Waals surface area contributed by atoms with E-state index < -0.39 is 0 Å². The quantitative estimate of drug-likeness (QED) is 0.489. The van der Waals surface area contributed by atoms with E-state index in [0.29, 0.717) is 30.7 Å². The largest absolute Gasteiger partial charge is 0.492 e. The highest BCUT2D eigenvalue weighted by atomic mass is 35.5. The van der Waals surface area contributed by atoms with Crippen LogP contribution >= 0.6 is 11.6 Å². The van der Waals surface area contributed by atoms with E-state index in [1.54, 1.807) is 12.1 Å². The van der Waals surface area contributed by atoms with E-state index in [1.165, 1.54) is 6.42 Å². The van der Waals surface area contributed by atoms with Crippen LogP contribution in [0.2, 0.25) is 5.02 Å². The molecule has 1 aliphatic heterocycles. The van der Waals surface area contributed by atoms with Crippen molar-refractivity contribution < 1.29 is 19.0 Å². The third-order valence-electron chi connectivity index (χ3n) is 4.95. The predicted molar refractivity (Wildman–Crippen MR) is 114 cm³/mol. The molecule has 5 nitrogen and oxygen atoms in total. The first-order valence-electron chi connectivity index (χ1n) is 10.2. The van der Waals surface area contributed by atoms with Gasteiger partial charge in [0.05, 0.1) is 6.61 Å². The fourth-order valence-electron chi connectivity index (χ4n) is 3.47. The van der Waals surface area contributed by atoms with Crippen molar-refractivity contribution in [3.8, 4) is 17.2 Å². The zero-order valence-electron chi connectivity index (χ0n) is 16.8. The summed E-state index contributed by atoms with van der Waals surface area (Å²) < 4.78 is 16.8. The Labute approximate surface area is 177 Å². The lowest BCUT2D eigenvalue weighted by Gasteiger charge is -2.24. The van der Waals surface area contributed by atoms with Gasteiger partial charge in [0.1, 0.15) is 23.9 Å². The Morgan fingerprint density at radius 1 is 1.07 bits per heavy atom. The van der Waals surface area contributed by atoms with Gasteiger partial charge in [-0.1, -0.05) is 11.6 Å². The zero-order chi connectivity index (χ0) is 20.5. The average molecular weight is 418 g/mol. The number of ether oxygens (including phenoxy) is 3. The molecule has 1 atom stereocenters. The molecule has 1 fully saturated rings. The first kappa shape index (κ1) is 21.5. The van der Waals surface area contributed by atoms with Crippen molar-refractivity contribution in [3.63, 3.8) is 0 Å². The summed E-state index contributed by atoms with van der Waals surface area (Å²) in [6.07, 6.45) is 3.59. The fourth-order valence-corrected chi connectivity index (χ4v) is 3.60. The molecule has 1 aliphatic rings. The van der Waals surface area contributed by atoms with E-state index in [4.69, 9.17) is 25.8 Å². The summed E-state index contributed by atoms with van der Waals surface area (Å²) in [5.41, 5.74) is 0. The molecule has 0 radical (unpaired) electrons. The molecule has 0 aliphatic carbocycles. The first-order chi connectivity index (χ1) is 14.1. The van der Waals surface area contributed by atoms with Crippen LogP contribution < -0.4 is 9.47 Å². The molecule has 29 heavy (non-hydrogen) atoms. The van der Waals surface area contributed by atoms with Crippen molar-refractivity contribution >= 4 is 17.6 Å². The second-order valence-electron chi connectivity index (χ2n) is 7.08. The van der Waals surface area contributed by atoms with E-state index >= 15 is 0 Å². The number of esters is 1. The summed E-state index contributed by atoms with van der Waals surface area (Å²) >= 11 is 5.89. The van der Waals surface area contributed by atoms with Gasteiger partial charge in [0.15, 0.2) is 0 Å². The van der Waals surface area contributed by atoms with Gasteiger partial charge >= 0.3 is 5.97 Å². The standard InChI is InChI=1S/C23H28ClNO4/c1-2-27-23(26)6-4-16-25-15-3-5-19(25)17-28-20-11-13-22(14-12-20)29-21-9-7-18(24)8-10-21/h7-14,19H,2-6,15-17H2,1H3/t19-/m0/s1.